The molecule has 0 radical (unpaired) electrons. The van der Waals surface area contributed by atoms with Crippen LogP contribution in [-0.2, 0) is 0 Å². The fourth-order valence-electron chi connectivity index (χ4n) is 3.15. The van der Waals surface area contributed by atoms with Gasteiger partial charge in [-0.2, -0.15) is 9.38 Å². The Morgan fingerprint density at radius 1 is 1.16 bits per heavy atom. The second kappa shape index (κ2) is 5.94. The number of anilines is 1. The summed E-state index contributed by atoms with van der Waals surface area (Å²) in [5, 5.41) is 20.9. The standard InChI is InChI=1S/C18H16N4O3/c23-15-6-4-13(5-7-15)14-8-11-20(12-9-14)17-18(22(24)25)21-10-2-1-3-16(21)19-17/h1-8,10,23H,9,11-12H2. The monoisotopic (exact) mass is 336 g/mol. The molecule has 0 spiro atoms. The quantitative estimate of drug-likeness (QED) is 0.586. The third-order valence-electron chi connectivity index (χ3n) is 4.41. The maximum absolute atomic E-state index is 11.5. The predicted octanol–water partition coefficient (Wildman–Crippen LogP) is 3.24. The van der Waals surface area contributed by atoms with Gasteiger partial charge >= 0.3 is 5.82 Å². The first-order chi connectivity index (χ1) is 12.1. The largest absolute Gasteiger partial charge is 0.508 e. The molecular formula is C18H16N4O3. The lowest BCUT2D eigenvalue weighted by Crippen LogP contribution is -2.29. The van der Waals surface area contributed by atoms with Crippen LogP contribution >= 0.6 is 0 Å². The van der Waals surface area contributed by atoms with Gasteiger partial charge in [-0.05, 0) is 40.7 Å². The summed E-state index contributed by atoms with van der Waals surface area (Å²) in [5.74, 6) is 0.636. The Hall–Kier alpha value is -3.35. The molecule has 1 aliphatic rings. The molecule has 3 heterocycles. The number of nitrogens with zero attached hydrogens (tertiary/aromatic N) is 4. The molecule has 126 valence electrons. The van der Waals surface area contributed by atoms with Crippen molar-refractivity contribution in [1.82, 2.24) is 9.38 Å². The minimum absolute atomic E-state index is 0.00270. The molecule has 1 N–H and O–H groups in total. The lowest BCUT2D eigenvalue weighted by Gasteiger charge is -2.26. The van der Waals surface area contributed by atoms with Crippen molar-refractivity contribution >= 4 is 22.9 Å². The van der Waals surface area contributed by atoms with Crippen molar-refractivity contribution in [2.24, 2.45) is 0 Å². The Morgan fingerprint density at radius 2 is 1.96 bits per heavy atom. The van der Waals surface area contributed by atoms with Crippen LogP contribution in [0, 0.1) is 10.1 Å². The van der Waals surface area contributed by atoms with E-state index in [1.165, 1.54) is 9.97 Å². The van der Waals surface area contributed by atoms with Crippen LogP contribution in [-0.4, -0.2) is 32.5 Å². The van der Waals surface area contributed by atoms with Crippen LogP contribution in [0.3, 0.4) is 0 Å². The third kappa shape index (κ3) is 2.69. The number of nitro groups is 1. The highest BCUT2D eigenvalue weighted by Gasteiger charge is 2.27. The summed E-state index contributed by atoms with van der Waals surface area (Å²) in [7, 11) is 0. The molecule has 7 nitrogen and oxygen atoms in total. The fraction of sp³-hybridized carbons (Fsp3) is 0.167. The van der Waals surface area contributed by atoms with Crippen LogP contribution in [0.4, 0.5) is 11.6 Å². The van der Waals surface area contributed by atoms with Crippen LogP contribution in [0.2, 0.25) is 0 Å². The van der Waals surface area contributed by atoms with Gasteiger partial charge in [-0.25, -0.2) is 0 Å². The summed E-state index contributed by atoms with van der Waals surface area (Å²) in [6.45, 7) is 1.21. The molecule has 0 aliphatic carbocycles. The summed E-state index contributed by atoms with van der Waals surface area (Å²) >= 11 is 0. The zero-order chi connectivity index (χ0) is 17.4. The first kappa shape index (κ1) is 15.2. The maximum atomic E-state index is 11.5. The Balaban J connectivity index is 1.66. The van der Waals surface area contributed by atoms with Crippen molar-refractivity contribution in [1.29, 1.82) is 0 Å². The number of aromatic nitrogens is 2. The number of imidazole rings is 1. The lowest BCUT2D eigenvalue weighted by atomic mass is 9.99. The highest BCUT2D eigenvalue weighted by molar-refractivity contribution is 5.71. The molecule has 0 saturated carbocycles. The van der Waals surface area contributed by atoms with Crippen molar-refractivity contribution in [3.8, 4) is 5.75 Å². The number of pyridine rings is 1. The van der Waals surface area contributed by atoms with Gasteiger partial charge in [0, 0.05) is 19.2 Å². The SMILES string of the molecule is O=[N+]([O-])c1c(N2CC=C(c3ccc(O)cc3)CC2)nc2ccccn12. The number of hydrogen-bond donors (Lipinski definition) is 1. The van der Waals surface area contributed by atoms with E-state index < -0.39 is 0 Å². The number of phenolic OH excluding ortho intramolecular Hbond substituents is 1. The molecule has 1 aromatic carbocycles. The van der Waals surface area contributed by atoms with Crippen molar-refractivity contribution in [2.45, 2.75) is 6.42 Å². The van der Waals surface area contributed by atoms with E-state index in [1.54, 1.807) is 30.5 Å². The normalized spacial score (nSPS) is 14.6. The van der Waals surface area contributed by atoms with E-state index in [2.05, 4.69) is 11.1 Å². The number of rotatable bonds is 3. The first-order valence-corrected chi connectivity index (χ1v) is 7.98. The Morgan fingerprint density at radius 3 is 2.64 bits per heavy atom. The van der Waals surface area contributed by atoms with Gasteiger partial charge in [-0.3, -0.25) is 0 Å². The summed E-state index contributed by atoms with van der Waals surface area (Å²) in [4.78, 5) is 17.5. The number of benzene rings is 1. The molecule has 0 amide bonds. The number of hydrogen-bond acceptors (Lipinski definition) is 5. The minimum Gasteiger partial charge on any atom is -0.508 e. The zero-order valence-electron chi connectivity index (χ0n) is 13.4. The highest BCUT2D eigenvalue weighted by atomic mass is 16.6. The maximum Gasteiger partial charge on any atom is 0.372 e. The Bertz CT molecular complexity index is 976. The first-order valence-electron chi connectivity index (χ1n) is 7.98. The Labute approximate surface area is 143 Å². The van der Waals surface area contributed by atoms with E-state index in [-0.39, 0.29) is 16.5 Å². The van der Waals surface area contributed by atoms with Gasteiger partial charge < -0.3 is 20.1 Å². The van der Waals surface area contributed by atoms with E-state index in [0.717, 1.165) is 12.0 Å². The van der Waals surface area contributed by atoms with Gasteiger partial charge in [0.2, 0.25) is 11.5 Å². The molecule has 4 rings (SSSR count). The highest BCUT2D eigenvalue weighted by Crippen LogP contribution is 2.32. The molecule has 2 aromatic heterocycles. The molecule has 0 fully saturated rings. The van der Waals surface area contributed by atoms with Gasteiger partial charge in [-0.1, -0.05) is 24.3 Å². The van der Waals surface area contributed by atoms with E-state index in [9.17, 15) is 15.2 Å². The summed E-state index contributed by atoms with van der Waals surface area (Å²) in [6, 6.07) is 12.4. The number of phenols is 1. The van der Waals surface area contributed by atoms with Crippen LogP contribution in [0.25, 0.3) is 11.2 Å². The van der Waals surface area contributed by atoms with Gasteiger partial charge in [0.1, 0.15) is 5.75 Å². The second-order valence-corrected chi connectivity index (χ2v) is 5.92. The van der Waals surface area contributed by atoms with E-state index in [0.29, 0.717) is 24.6 Å². The van der Waals surface area contributed by atoms with E-state index >= 15 is 0 Å². The van der Waals surface area contributed by atoms with Crippen LogP contribution in [0.1, 0.15) is 12.0 Å². The number of aromatic hydroxyl groups is 1. The van der Waals surface area contributed by atoms with Crippen molar-refractivity contribution in [2.75, 3.05) is 18.0 Å². The third-order valence-corrected chi connectivity index (χ3v) is 4.41. The predicted molar refractivity (Wildman–Crippen MR) is 94.8 cm³/mol. The summed E-state index contributed by atoms with van der Waals surface area (Å²) < 4.78 is 1.51. The zero-order valence-corrected chi connectivity index (χ0v) is 13.4. The van der Waals surface area contributed by atoms with Crippen molar-refractivity contribution < 1.29 is 10.0 Å². The smallest absolute Gasteiger partial charge is 0.372 e. The van der Waals surface area contributed by atoms with Crippen molar-refractivity contribution in [3.05, 3.63) is 70.4 Å². The molecule has 1 aliphatic heterocycles. The van der Waals surface area contributed by atoms with E-state index in [4.69, 9.17) is 0 Å². The minimum atomic E-state index is -0.380. The van der Waals surface area contributed by atoms with Crippen LogP contribution in [0.5, 0.6) is 5.75 Å². The molecule has 0 saturated heterocycles. The molecule has 25 heavy (non-hydrogen) atoms. The van der Waals surface area contributed by atoms with Crippen molar-refractivity contribution in [3.63, 3.8) is 0 Å². The fourth-order valence-corrected chi connectivity index (χ4v) is 3.15. The average Bonchev–Trinajstić information content (AvgIpc) is 3.02. The van der Waals surface area contributed by atoms with Gasteiger partial charge in [0.15, 0.2) is 0 Å². The van der Waals surface area contributed by atoms with Gasteiger partial charge in [-0.15, -0.1) is 0 Å². The van der Waals surface area contributed by atoms with Gasteiger partial charge in [0.25, 0.3) is 0 Å². The van der Waals surface area contributed by atoms with Crippen LogP contribution in [0.15, 0.2) is 54.7 Å². The van der Waals surface area contributed by atoms with E-state index in [1.807, 2.05) is 23.1 Å². The second-order valence-electron chi connectivity index (χ2n) is 5.92. The Kier molecular flexibility index (Phi) is 3.61. The molecule has 0 bridgehead atoms. The molecule has 7 heteroatoms. The average molecular weight is 336 g/mol. The number of fused-ring (bicyclic) bond motifs is 1. The lowest BCUT2D eigenvalue weighted by molar-refractivity contribution is -0.389. The molecular weight excluding hydrogens is 320 g/mol. The van der Waals surface area contributed by atoms with Gasteiger partial charge in [0.05, 0.1) is 6.20 Å². The molecule has 0 atom stereocenters. The molecule has 3 aromatic rings. The van der Waals surface area contributed by atoms with Crippen LogP contribution < -0.4 is 4.90 Å². The molecule has 0 unspecified atom stereocenters. The topological polar surface area (TPSA) is 83.9 Å². The summed E-state index contributed by atoms with van der Waals surface area (Å²) in [5.41, 5.74) is 2.79. The summed E-state index contributed by atoms with van der Waals surface area (Å²) in [6.07, 6.45) is 4.48.